The summed E-state index contributed by atoms with van der Waals surface area (Å²) in [4.78, 5) is 13.8. The first-order valence-electron chi connectivity index (χ1n) is 4.75. The van der Waals surface area contributed by atoms with Gasteiger partial charge in [0.05, 0.1) is 5.69 Å². The summed E-state index contributed by atoms with van der Waals surface area (Å²) in [6.07, 6.45) is 1.51. The third kappa shape index (κ3) is 1.93. The van der Waals surface area contributed by atoms with Gasteiger partial charge in [0.25, 0.3) is 5.56 Å². The number of nitrogens with one attached hydrogen (secondary N) is 2. The molecule has 0 aliphatic heterocycles. The standard InChI is InChI=1S/C12H9N3O/c13-8-10-11(6-7-14-12(10)16)15-9-4-2-1-3-5-9/h1-7H,(H2,14,15,16). The number of para-hydroxylation sites is 1. The summed E-state index contributed by atoms with van der Waals surface area (Å²) < 4.78 is 0. The molecule has 0 atom stereocenters. The lowest BCUT2D eigenvalue weighted by Gasteiger charge is -2.06. The molecule has 2 aromatic rings. The first kappa shape index (κ1) is 9.99. The molecule has 16 heavy (non-hydrogen) atoms. The highest BCUT2D eigenvalue weighted by Crippen LogP contribution is 2.16. The van der Waals surface area contributed by atoms with Gasteiger partial charge in [0.2, 0.25) is 0 Å². The second-order valence-corrected chi connectivity index (χ2v) is 3.20. The largest absolute Gasteiger partial charge is 0.354 e. The Morgan fingerprint density at radius 3 is 2.62 bits per heavy atom. The number of hydrogen-bond acceptors (Lipinski definition) is 3. The van der Waals surface area contributed by atoms with Gasteiger partial charge in [-0.3, -0.25) is 4.79 Å². The molecule has 0 amide bonds. The minimum Gasteiger partial charge on any atom is -0.354 e. The third-order valence-electron chi connectivity index (χ3n) is 2.13. The van der Waals surface area contributed by atoms with Gasteiger partial charge < -0.3 is 10.3 Å². The summed E-state index contributed by atoms with van der Waals surface area (Å²) in [7, 11) is 0. The maximum absolute atomic E-state index is 11.3. The molecule has 1 aromatic carbocycles. The Morgan fingerprint density at radius 1 is 1.19 bits per heavy atom. The number of hydrogen-bond donors (Lipinski definition) is 2. The van der Waals surface area contributed by atoms with Crippen LogP contribution in [0.5, 0.6) is 0 Å². The first-order chi connectivity index (χ1) is 7.81. The van der Waals surface area contributed by atoms with Gasteiger partial charge in [0, 0.05) is 11.9 Å². The summed E-state index contributed by atoms with van der Waals surface area (Å²) in [5.74, 6) is 0. The van der Waals surface area contributed by atoms with Crippen molar-refractivity contribution in [2.24, 2.45) is 0 Å². The fourth-order valence-corrected chi connectivity index (χ4v) is 1.37. The smallest absolute Gasteiger partial charge is 0.268 e. The number of H-pyrrole nitrogens is 1. The average molecular weight is 211 g/mol. The molecule has 0 spiro atoms. The summed E-state index contributed by atoms with van der Waals surface area (Å²) in [6.45, 7) is 0. The quantitative estimate of drug-likeness (QED) is 0.798. The SMILES string of the molecule is N#Cc1c(Nc2ccccc2)cc[nH]c1=O. The lowest BCUT2D eigenvalue weighted by atomic mass is 10.2. The molecule has 4 nitrogen and oxygen atoms in total. The van der Waals surface area contributed by atoms with E-state index >= 15 is 0 Å². The Balaban J connectivity index is 2.40. The second-order valence-electron chi connectivity index (χ2n) is 3.20. The Morgan fingerprint density at radius 2 is 1.94 bits per heavy atom. The van der Waals surface area contributed by atoms with E-state index < -0.39 is 0 Å². The zero-order chi connectivity index (χ0) is 11.4. The van der Waals surface area contributed by atoms with Crippen LogP contribution in [0.1, 0.15) is 5.56 Å². The number of rotatable bonds is 2. The van der Waals surface area contributed by atoms with Gasteiger partial charge in [-0.1, -0.05) is 18.2 Å². The van der Waals surface area contributed by atoms with E-state index in [4.69, 9.17) is 5.26 Å². The van der Waals surface area contributed by atoms with Crippen LogP contribution in [0.25, 0.3) is 0 Å². The highest BCUT2D eigenvalue weighted by atomic mass is 16.1. The molecule has 2 N–H and O–H groups in total. The van der Waals surface area contributed by atoms with Crippen molar-refractivity contribution >= 4 is 11.4 Å². The minimum absolute atomic E-state index is 0.0892. The molecule has 0 aliphatic rings. The molecule has 0 saturated heterocycles. The molecule has 0 radical (unpaired) electrons. The molecule has 0 bridgehead atoms. The Hall–Kier alpha value is -2.54. The van der Waals surface area contributed by atoms with Crippen molar-refractivity contribution in [3.63, 3.8) is 0 Å². The van der Waals surface area contributed by atoms with Crippen LogP contribution in [0, 0.1) is 11.3 Å². The number of nitrogens with zero attached hydrogens (tertiary/aromatic N) is 1. The van der Waals surface area contributed by atoms with E-state index in [2.05, 4.69) is 10.3 Å². The van der Waals surface area contributed by atoms with Crippen LogP contribution < -0.4 is 10.9 Å². The lowest BCUT2D eigenvalue weighted by molar-refractivity contribution is 1.21. The number of aromatic nitrogens is 1. The third-order valence-corrected chi connectivity index (χ3v) is 2.13. The van der Waals surface area contributed by atoms with Crippen molar-refractivity contribution in [2.75, 3.05) is 5.32 Å². The second kappa shape index (κ2) is 4.32. The first-order valence-corrected chi connectivity index (χ1v) is 4.75. The molecule has 0 saturated carbocycles. The van der Waals surface area contributed by atoms with Crippen molar-refractivity contribution in [3.8, 4) is 6.07 Å². The predicted molar refractivity (Wildman–Crippen MR) is 61.5 cm³/mol. The van der Waals surface area contributed by atoms with Crippen LogP contribution in [-0.4, -0.2) is 4.98 Å². The molecule has 0 fully saturated rings. The zero-order valence-electron chi connectivity index (χ0n) is 8.40. The van der Waals surface area contributed by atoms with Gasteiger partial charge >= 0.3 is 0 Å². The fourth-order valence-electron chi connectivity index (χ4n) is 1.37. The molecule has 0 unspecified atom stereocenters. The Bertz CT molecular complexity index is 581. The number of benzene rings is 1. The molecular weight excluding hydrogens is 202 g/mol. The van der Waals surface area contributed by atoms with Crippen LogP contribution in [0.3, 0.4) is 0 Å². The van der Waals surface area contributed by atoms with E-state index in [1.54, 1.807) is 6.07 Å². The minimum atomic E-state index is -0.386. The molecular formula is C12H9N3O. The van der Waals surface area contributed by atoms with E-state index in [0.29, 0.717) is 5.69 Å². The van der Waals surface area contributed by atoms with E-state index in [1.165, 1.54) is 6.20 Å². The lowest BCUT2D eigenvalue weighted by Crippen LogP contribution is -2.11. The molecule has 78 valence electrons. The maximum atomic E-state index is 11.3. The van der Waals surface area contributed by atoms with E-state index in [1.807, 2.05) is 36.4 Å². The van der Waals surface area contributed by atoms with Crippen molar-refractivity contribution < 1.29 is 0 Å². The van der Waals surface area contributed by atoms with Crippen LogP contribution in [0.2, 0.25) is 0 Å². The Kier molecular flexibility index (Phi) is 2.70. The van der Waals surface area contributed by atoms with Gasteiger partial charge in [-0.15, -0.1) is 0 Å². The molecule has 2 rings (SSSR count). The highest BCUT2D eigenvalue weighted by molar-refractivity contribution is 5.65. The molecule has 1 aromatic heterocycles. The topological polar surface area (TPSA) is 68.7 Å². The van der Waals surface area contributed by atoms with E-state index in [9.17, 15) is 4.79 Å². The number of pyridine rings is 1. The number of aromatic amines is 1. The number of nitriles is 1. The highest BCUT2D eigenvalue weighted by Gasteiger charge is 2.05. The van der Waals surface area contributed by atoms with Gasteiger partial charge in [-0.25, -0.2) is 0 Å². The Labute approximate surface area is 92.2 Å². The summed E-state index contributed by atoms with van der Waals surface area (Å²) >= 11 is 0. The van der Waals surface area contributed by atoms with Crippen molar-refractivity contribution in [1.29, 1.82) is 5.26 Å². The van der Waals surface area contributed by atoms with Crippen LogP contribution in [0.4, 0.5) is 11.4 Å². The predicted octanol–water partition coefficient (Wildman–Crippen LogP) is 1.99. The van der Waals surface area contributed by atoms with Gasteiger partial charge in [-0.05, 0) is 18.2 Å². The van der Waals surface area contributed by atoms with Crippen molar-refractivity contribution in [3.05, 3.63) is 58.5 Å². The van der Waals surface area contributed by atoms with Crippen LogP contribution >= 0.6 is 0 Å². The molecule has 1 heterocycles. The summed E-state index contributed by atoms with van der Waals surface area (Å²) in [6, 6.07) is 12.9. The number of anilines is 2. The van der Waals surface area contributed by atoms with Crippen LogP contribution in [0.15, 0.2) is 47.4 Å². The van der Waals surface area contributed by atoms with Gasteiger partial charge in [-0.2, -0.15) is 5.26 Å². The molecule has 0 aliphatic carbocycles. The molecule has 4 heteroatoms. The van der Waals surface area contributed by atoms with E-state index in [-0.39, 0.29) is 11.1 Å². The van der Waals surface area contributed by atoms with Crippen molar-refractivity contribution in [1.82, 2.24) is 4.98 Å². The van der Waals surface area contributed by atoms with Gasteiger partial charge in [0.1, 0.15) is 11.6 Å². The normalized spacial score (nSPS) is 9.44. The summed E-state index contributed by atoms with van der Waals surface area (Å²) in [5, 5.41) is 11.9. The van der Waals surface area contributed by atoms with Gasteiger partial charge in [0.15, 0.2) is 0 Å². The van der Waals surface area contributed by atoms with E-state index in [0.717, 1.165) is 5.69 Å². The van der Waals surface area contributed by atoms with Crippen LogP contribution in [-0.2, 0) is 0 Å². The fraction of sp³-hybridized carbons (Fsp3) is 0. The van der Waals surface area contributed by atoms with Crippen molar-refractivity contribution in [2.45, 2.75) is 0 Å². The monoisotopic (exact) mass is 211 g/mol. The maximum Gasteiger partial charge on any atom is 0.268 e. The summed E-state index contributed by atoms with van der Waals surface area (Å²) in [5.41, 5.74) is 1.05. The zero-order valence-corrected chi connectivity index (χ0v) is 8.40. The average Bonchev–Trinajstić information content (AvgIpc) is 2.31.